The summed E-state index contributed by atoms with van der Waals surface area (Å²) in [5, 5.41) is 2.85. The van der Waals surface area contributed by atoms with Crippen LogP contribution in [0.3, 0.4) is 0 Å². The van der Waals surface area contributed by atoms with Crippen molar-refractivity contribution in [3.05, 3.63) is 29.8 Å². The van der Waals surface area contributed by atoms with Gasteiger partial charge in [-0.25, -0.2) is 8.42 Å². The average molecular weight is 478 g/mol. The molecule has 0 saturated carbocycles. The lowest BCUT2D eigenvalue weighted by molar-refractivity contribution is -0.140. The van der Waals surface area contributed by atoms with E-state index in [1.165, 1.54) is 4.31 Å². The van der Waals surface area contributed by atoms with E-state index in [1.807, 2.05) is 27.7 Å². The van der Waals surface area contributed by atoms with Gasteiger partial charge in [0.2, 0.25) is 15.9 Å². The van der Waals surface area contributed by atoms with Crippen molar-refractivity contribution in [3.63, 3.8) is 0 Å². The molecular formula is C23H31N3O6S. The number of nitrogens with one attached hydrogen (secondary N) is 1. The van der Waals surface area contributed by atoms with E-state index in [0.717, 1.165) is 0 Å². The van der Waals surface area contributed by atoms with Gasteiger partial charge in [-0.2, -0.15) is 0 Å². The number of Topliss-reactive ketones (excluding diaryl/α,β-unsaturated/α-hetero) is 1. The number of likely N-dealkylation sites (tertiary alicyclic amines) is 1. The van der Waals surface area contributed by atoms with Crippen molar-refractivity contribution in [2.75, 3.05) is 29.8 Å². The SMILES string of the molecule is C[C@H]1CN(C(=O)[C@@H](NC(=O)c2ccc(N3CCCS3(=O)=O)cc2)C(C)(C)C)[C@@H]2C(=O)CO[C@@H]21. The minimum Gasteiger partial charge on any atom is -0.367 e. The molecule has 4 atom stereocenters. The first-order valence-electron chi connectivity index (χ1n) is 11.3. The number of ether oxygens (including phenoxy) is 1. The Morgan fingerprint density at radius 3 is 2.42 bits per heavy atom. The molecule has 33 heavy (non-hydrogen) atoms. The van der Waals surface area contributed by atoms with Gasteiger partial charge in [0.05, 0.1) is 17.5 Å². The number of hydrogen-bond donors (Lipinski definition) is 1. The van der Waals surface area contributed by atoms with Crippen LogP contribution in [0.25, 0.3) is 0 Å². The van der Waals surface area contributed by atoms with Gasteiger partial charge in [-0.1, -0.05) is 27.7 Å². The lowest BCUT2D eigenvalue weighted by atomic mass is 9.85. The number of rotatable bonds is 4. The number of amides is 2. The van der Waals surface area contributed by atoms with E-state index in [4.69, 9.17) is 4.74 Å². The molecule has 3 aliphatic heterocycles. The highest BCUT2D eigenvalue weighted by atomic mass is 32.2. The maximum absolute atomic E-state index is 13.5. The minimum atomic E-state index is -3.30. The number of anilines is 1. The van der Waals surface area contributed by atoms with Crippen LogP contribution in [0.5, 0.6) is 0 Å². The van der Waals surface area contributed by atoms with Crippen molar-refractivity contribution >= 4 is 33.3 Å². The Bertz CT molecular complexity index is 1060. The molecule has 0 radical (unpaired) electrons. The average Bonchev–Trinajstić information content (AvgIpc) is 3.40. The monoisotopic (exact) mass is 477 g/mol. The normalized spacial score (nSPS) is 27.5. The molecule has 2 amide bonds. The largest absolute Gasteiger partial charge is 0.367 e. The maximum atomic E-state index is 13.5. The van der Waals surface area contributed by atoms with E-state index in [0.29, 0.717) is 30.8 Å². The number of sulfonamides is 1. The quantitative estimate of drug-likeness (QED) is 0.697. The summed E-state index contributed by atoms with van der Waals surface area (Å²) in [5.74, 6) is -0.680. The van der Waals surface area contributed by atoms with Crippen molar-refractivity contribution in [3.8, 4) is 0 Å². The van der Waals surface area contributed by atoms with Gasteiger partial charge < -0.3 is 15.0 Å². The van der Waals surface area contributed by atoms with E-state index in [-0.39, 0.29) is 36.1 Å². The zero-order chi connectivity index (χ0) is 24.1. The van der Waals surface area contributed by atoms with Crippen LogP contribution in [-0.4, -0.2) is 74.6 Å². The fraction of sp³-hybridized carbons (Fsp3) is 0.609. The Labute approximate surface area is 194 Å². The molecule has 3 heterocycles. The Kier molecular flexibility index (Phi) is 6.03. The number of hydrogen-bond acceptors (Lipinski definition) is 6. The number of benzene rings is 1. The zero-order valence-corrected chi connectivity index (χ0v) is 20.2. The Hall–Kier alpha value is -2.46. The number of carbonyl (C=O) groups excluding carboxylic acids is 3. The van der Waals surface area contributed by atoms with Crippen LogP contribution in [0.1, 0.15) is 44.5 Å². The van der Waals surface area contributed by atoms with Crippen molar-refractivity contribution in [2.24, 2.45) is 11.3 Å². The molecule has 4 rings (SSSR count). The smallest absolute Gasteiger partial charge is 0.251 e. The summed E-state index contributed by atoms with van der Waals surface area (Å²) < 4.78 is 31.2. The molecule has 10 heteroatoms. The molecule has 3 fully saturated rings. The molecule has 0 unspecified atom stereocenters. The number of ketones is 1. The number of nitrogens with zero attached hydrogens (tertiary/aromatic N) is 2. The number of fused-ring (bicyclic) bond motifs is 1. The van der Waals surface area contributed by atoms with Gasteiger partial charge in [0.1, 0.15) is 18.7 Å². The Balaban J connectivity index is 1.52. The molecule has 1 aromatic rings. The van der Waals surface area contributed by atoms with Gasteiger partial charge in [0.15, 0.2) is 5.78 Å². The van der Waals surface area contributed by atoms with Gasteiger partial charge in [0.25, 0.3) is 5.91 Å². The first-order chi connectivity index (χ1) is 15.4. The molecule has 3 aliphatic rings. The lowest BCUT2D eigenvalue weighted by Crippen LogP contribution is -2.57. The Morgan fingerprint density at radius 2 is 1.85 bits per heavy atom. The second-order valence-corrected chi connectivity index (χ2v) is 12.2. The summed E-state index contributed by atoms with van der Waals surface area (Å²) in [7, 11) is -3.30. The van der Waals surface area contributed by atoms with Gasteiger partial charge in [-0.3, -0.25) is 18.7 Å². The predicted octanol–water partition coefficient (Wildman–Crippen LogP) is 1.19. The molecule has 180 valence electrons. The molecule has 0 aromatic heterocycles. The van der Waals surface area contributed by atoms with E-state index in [9.17, 15) is 22.8 Å². The van der Waals surface area contributed by atoms with Crippen molar-refractivity contribution in [1.82, 2.24) is 10.2 Å². The van der Waals surface area contributed by atoms with E-state index < -0.39 is 33.4 Å². The van der Waals surface area contributed by atoms with Crippen molar-refractivity contribution in [2.45, 2.75) is 52.3 Å². The standard InChI is InChI=1S/C23H31N3O6S/c1-14-12-25(18-17(27)13-32-19(14)18)22(29)20(23(2,3)4)24-21(28)15-6-8-16(9-7-15)26-10-5-11-33(26,30)31/h6-9,14,18-20H,5,10-13H2,1-4H3,(H,24,28)/t14-,18+,19+,20+/m0/s1. The van der Waals surface area contributed by atoms with Crippen LogP contribution in [0.2, 0.25) is 0 Å². The fourth-order valence-corrected chi connectivity index (χ4v) is 6.42. The summed E-state index contributed by atoms with van der Waals surface area (Å²) in [4.78, 5) is 40.5. The van der Waals surface area contributed by atoms with E-state index in [1.54, 1.807) is 29.2 Å². The van der Waals surface area contributed by atoms with E-state index >= 15 is 0 Å². The zero-order valence-electron chi connectivity index (χ0n) is 19.4. The van der Waals surface area contributed by atoms with Gasteiger partial charge >= 0.3 is 0 Å². The van der Waals surface area contributed by atoms with E-state index in [2.05, 4.69) is 5.32 Å². The van der Waals surface area contributed by atoms with Gasteiger partial charge in [-0.05, 0) is 36.1 Å². The third kappa shape index (κ3) is 4.38. The highest BCUT2D eigenvalue weighted by Crippen LogP contribution is 2.34. The third-order valence-electron chi connectivity index (χ3n) is 6.63. The summed E-state index contributed by atoms with van der Waals surface area (Å²) in [6, 6.07) is 4.88. The summed E-state index contributed by atoms with van der Waals surface area (Å²) in [6.07, 6.45) is 0.275. The number of carbonyl (C=O) groups is 3. The third-order valence-corrected chi connectivity index (χ3v) is 8.50. The first-order valence-corrected chi connectivity index (χ1v) is 12.9. The molecular weight excluding hydrogens is 446 g/mol. The topological polar surface area (TPSA) is 113 Å². The summed E-state index contributed by atoms with van der Waals surface area (Å²) >= 11 is 0. The van der Waals surface area contributed by atoms with Crippen LogP contribution in [0, 0.1) is 11.3 Å². The molecule has 0 spiro atoms. The first kappa shape index (κ1) is 23.7. The van der Waals surface area contributed by atoms with Crippen LogP contribution < -0.4 is 9.62 Å². The predicted molar refractivity (Wildman–Crippen MR) is 122 cm³/mol. The Morgan fingerprint density at radius 1 is 1.18 bits per heavy atom. The molecule has 1 N–H and O–H groups in total. The highest BCUT2D eigenvalue weighted by molar-refractivity contribution is 7.93. The summed E-state index contributed by atoms with van der Waals surface area (Å²) in [5.41, 5.74) is 0.245. The van der Waals surface area contributed by atoms with Crippen LogP contribution in [-0.2, 0) is 24.3 Å². The van der Waals surface area contributed by atoms with Crippen LogP contribution >= 0.6 is 0 Å². The maximum Gasteiger partial charge on any atom is 0.251 e. The van der Waals surface area contributed by atoms with Crippen LogP contribution in [0.15, 0.2) is 24.3 Å². The molecule has 0 aliphatic carbocycles. The molecule has 3 saturated heterocycles. The molecule has 1 aromatic carbocycles. The van der Waals surface area contributed by atoms with Crippen molar-refractivity contribution < 1.29 is 27.5 Å². The lowest BCUT2D eigenvalue weighted by Gasteiger charge is -2.35. The van der Waals surface area contributed by atoms with Gasteiger partial charge in [-0.15, -0.1) is 0 Å². The molecule has 0 bridgehead atoms. The van der Waals surface area contributed by atoms with Crippen molar-refractivity contribution in [1.29, 1.82) is 0 Å². The second-order valence-electron chi connectivity index (χ2n) is 10.2. The fourth-order valence-electron chi connectivity index (χ4n) is 4.86. The second kappa shape index (κ2) is 8.39. The minimum absolute atomic E-state index is 0.00901. The van der Waals surface area contributed by atoms with Gasteiger partial charge in [0, 0.05) is 24.6 Å². The summed E-state index contributed by atoms with van der Waals surface area (Å²) in [6.45, 7) is 8.38. The van der Waals surface area contributed by atoms with Crippen LogP contribution in [0.4, 0.5) is 5.69 Å². The molecule has 9 nitrogen and oxygen atoms in total. The highest BCUT2D eigenvalue weighted by Gasteiger charge is 2.52.